The van der Waals surface area contributed by atoms with E-state index in [9.17, 15) is 14.4 Å². The average molecular weight is 478 g/mol. The zero-order valence-electron chi connectivity index (χ0n) is 19.4. The fourth-order valence-electron chi connectivity index (χ4n) is 6.56. The van der Waals surface area contributed by atoms with Crippen molar-refractivity contribution < 1.29 is 14.4 Å². The summed E-state index contributed by atoms with van der Waals surface area (Å²) < 4.78 is 0. The molecular formula is C27H31N3O3S. The number of nitrogens with one attached hydrogen (secondary N) is 3. The summed E-state index contributed by atoms with van der Waals surface area (Å²) in [7, 11) is 0. The largest absolute Gasteiger partial charge is 0.350 e. The fraction of sp³-hybridized carbons (Fsp3) is 0.444. The highest BCUT2D eigenvalue weighted by Crippen LogP contribution is 2.55. The zero-order valence-corrected chi connectivity index (χ0v) is 20.3. The van der Waals surface area contributed by atoms with Gasteiger partial charge in [0.15, 0.2) is 0 Å². The highest BCUT2D eigenvalue weighted by atomic mass is 32.2. The van der Waals surface area contributed by atoms with Crippen LogP contribution in [0.4, 0.5) is 11.4 Å². The minimum Gasteiger partial charge on any atom is -0.350 e. The maximum Gasteiger partial charge on any atom is 0.256 e. The quantitative estimate of drug-likeness (QED) is 0.486. The number of amides is 3. The van der Waals surface area contributed by atoms with Crippen LogP contribution in [0.5, 0.6) is 0 Å². The van der Waals surface area contributed by atoms with Crippen molar-refractivity contribution in [2.75, 3.05) is 16.4 Å². The number of hydrogen-bond donors (Lipinski definition) is 3. The van der Waals surface area contributed by atoms with Crippen LogP contribution < -0.4 is 16.0 Å². The summed E-state index contributed by atoms with van der Waals surface area (Å²) in [5.41, 5.74) is 1.86. The first-order chi connectivity index (χ1) is 16.4. The van der Waals surface area contributed by atoms with Gasteiger partial charge < -0.3 is 16.0 Å². The molecule has 2 aromatic rings. The van der Waals surface area contributed by atoms with Crippen LogP contribution in [0, 0.1) is 17.8 Å². The minimum absolute atomic E-state index is 0.00664. The van der Waals surface area contributed by atoms with Crippen LogP contribution in [0.3, 0.4) is 0 Å². The molecule has 7 heteroatoms. The summed E-state index contributed by atoms with van der Waals surface area (Å²) in [6.07, 6.45) is 7.45. The van der Waals surface area contributed by atoms with E-state index in [1.165, 1.54) is 37.9 Å². The number of rotatable bonds is 7. The van der Waals surface area contributed by atoms with E-state index in [0.29, 0.717) is 22.7 Å². The third-order valence-electron chi connectivity index (χ3n) is 7.40. The molecule has 178 valence electrons. The highest BCUT2D eigenvalue weighted by Gasteiger charge is 2.51. The Balaban J connectivity index is 1.19. The Morgan fingerprint density at radius 3 is 2.00 bits per heavy atom. The summed E-state index contributed by atoms with van der Waals surface area (Å²) in [6.45, 7) is 1.45. The van der Waals surface area contributed by atoms with Crippen molar-refractivity contribution in [2.45, 2.75) is 55.9 Å². The van der Waals surface area contributed by atoms with Gasteiger partial charge in [0.25, 0.3) is 5.91 Å². The Labute approximate surface area is 204 Å². The molecule has 3 amide bonds. The molecule has 0 heterocycles. The number of anilines is 2. The molecule has 3 N–H and O–H groups in total. The van der Waals surface area contributed by atoms with Gasteiger partial charge in [0.05, 0.1) is 11.3 Å². The summed E-state index contributed by atoms with van der Waals surface area (Å²) in [5.74, 6) is 2.36. The molecule has 0 aromatic heterocycles. The molecule has 4 fully saturated rings. The molecule has 6 nitrogen and oxygen atoms in total. The maximum absolute atomic E-state index is 12.9. The van der Waals surface area contributed by atoms with E-state index in [1.54, 1.807) is 30.3 Å². The van der Waals surface area contributed by atoms with Gasteiger partial charge >= 0.3 is 0 Å². The SMILES string of the molecule is CC(=O)Nc1ccc(NC(=O)c2ccccc2SCC(=O)NC23CC4CC(CC(C4)C2)C3)cc1. The lowest BCUT2D eigenvalue weighted by atomic mass is 9.53. The molecule has 0 atom stereocenters. The molecule has 0 spiro atoms. The normalized spacial score (nSPS) is 26.7. The zero-order chi connectivity index (χ0) is 23.7. The van der Waals surface area contributed by atoms with Crippen LogP contribution in [0.1, 0.15) is 55.8 Å². The fourth-order valence-corrected chi connectivity index (χ4v) is 7.41. The van der Waals surface area contributed by atoms with E-state index in [2.05, 4.69) is 16.0 Å². The van der Waals surface area contributed by atoms with Gasteiger partial charge in [-0.25, -0.2) is 0 Å². The molecule has 0 radical (unpaired) electrons. The third-order valence-corrected chi connectivity index (χ3v) is 8.47. The second-order valence-electron chi connectivity index (χ2n) is 10.2. The van der Waals surface area contributed by atoms with Crippen molar-refractivity contribution in [3.05, 3.63) is 54.1 Å². The van der Waals surface area contributed by atoms with Crippen molar-refractivity contribution in [1.29, 1.82) is 0 Å². The monoisotopic (exact) mass is 477 g/mol. The predicted octanol–water partition coefficient (Wildman–Crippen LogP) is 5.07. The highest BCUT2D eigenvalue weighted by molar-refractivity contribution is 8.00. The maximum atomic E-state index is 12.9. The van der Waals surface area contributed by atoms with E-state index >= 15 is 0 Å². The van der Waals surface area contributed by atoms with Crippen molar-refractivity contribution in [1.82, 2.24) is 5.32 Å². The first-order valence-electron chi connectivity index (χ1n) is 12.1. The summed E-state index contributed by atoms with van der Waals surface area (Å²) >= 11 is 1.41. The van der Waals surface area contributed by atoms with Crippen molar-refractivity contribution in [2.24, 2.45) is 17.8 Å². The van der Waals surface area contributed by atoms with Crippen LogP contribution in [-0.4, -0.2) is 29.0 Å². The first-order valence-corrected chi connectivity index (χ1v) is 13.1. The third kappa shape index (κ3) is 5.14. The molecule has 4 bridgehead atoms. The van der Waals surface area contributed by atoms with Crippen LogP contribution in [0.15, 0.2) is 53.4 Å². The Bertz CT molecular complexity index is 1060. The Morgan fingerprint density at radius 2 is 1.41 bits per heavy atom. The standard InChI is InChI=1S/C27H31N3O3S/c1-17(31)28-21-6-8-22(9-7-21)29-26(33)23-4-2-3-5-24(23)34-16-25(32)30-27-13-18-10-19(14-27)12-20(11-18)15-27/h2-9,18-20H,10-16H2,1H3,(H,28,31)(H,29,33)(H,30,32). The average Bonchev–Trinajstić information content (AvgIpc) is 2.77. The molecular weight excluding hydrogens is 446 g/mol. The van der Waals surface area contributed by atoms with Gasteiger partial charge in [-0.05, 0) is 92.7 Å². The number of benzene rings is 2. The first kappa shape index (κ1) is 23.0. The van der Waals surface area contributed by atoms with Crippen LogP contribution in [0.2, 0.25) is 0 Å². The Hall–Kier alpha value is -2.80. The molecule has 2 aromatic carbocycles. The summed E-state index contributed by atoms with van der Waals surface area (Å²) in [4.78, 5) is 37.8. The minimum atomic E-state index is -0.225. The smallest absolute Gasteiger partial charge is 0.256 e. The van der Waals surface area contributed by atoms with Gasteiger partial charge in [0.2, 0.25) is 11.8 Å². The van der Waals surface area contributed by atoms with E-state index in [-0.39, 0.29) is 23.3 Å². The number of carbonyl (C=O) groups excluding carboxylic acids is 3. The van der Waals surface area contributed by atoms with Crippen LogP contribution in [0.25, 0.3) is 0 Å². The molecule has 0 saturated heterocycles. The molecule has 0 aliphatic heterocycles. The lowest BCUT2D eigenvalue weighted by Gasteiger charge is -2.56. The van der Waals surface area contributed by atoms with Crippen molar-refractivity contribution >= 4 is 40.9 Å². The molecule has 0 unspecified atom stereocenters. The lowest BCUT2D eigenvalue weighted by Crippen LogP contribution is -2.60. The number of thioether (sulfide) groups is 1. The molecule has 6 rings (SSSR count). The molecule has 4 aliphatic carbocycles. The van der Waals surface area contributed by atoms with E-state index in [0.717, 1.165) is 41.9 Å². The molecule has 4 saturated carbocycles. The van der Waals surface area contributed by atoms with Crippen molar-refractivity contribution in [3.63, 3.8) is 0 Å². The Kier molecular flexibility index (Phi) is 6.38. The van der Waals surface area contributed by atoms with Gasteiger partial charge in [-0.15, -0.1) is 11.8 Å². The van der Waals surface area contributed by atoms with E-state index in [1.807, 2.05) is 18.2 Å². The van der Waals surface area contributed by atoms with Gasteiger partial charge in [0.1, 0.15) is 0 Å². The predicted molar refractivity (Wildman–Crippen MR) is 135 cm³/mol. The summed E-state index contributed by atoms with van der Waals surface area (Å²) in [6, 6.07) is 14.4. The van der Waals surface area contributed by atoms with Gasteiger partial charge in [-0.3, -0.25) is 14.4 Å². The van der Waals surface area contributed by atoms with Crippen LogP contribution in [-0.2, 0) is 9.59 Å². The summed E-state index contributed by atoms with van der Waals surface area (Å²) in [5, 5.41) is 9.02. The van der Waals surface area contributed by atoms with E-state index in [4.69, 9.17) is 0 Å². The number of hydrogen-bond acceptors (Lipinski definition) is 4. The van der Waals surface area contributed by atoms with Gasteiger partial charge in [-0.2, -0.15) is 0 Å². The second-order valence-corrected chi connectivity index (χ2v) is 11.3. The van der Waals surface area contributed by atoms with Gasteiger partial charge in [-0.1, -0.05) is 12.1 Å². The lowest BCUT2D eigenvalue weighted by molar-refractivity contribution is -0.124. The van der Waals surface area contributed by atoms with Crippen LogP contribution >= 0.6 is 11.8 Å². The molecule has 34 heavy (non-hydrogen) atoms. The topological polar surface area (TPSA) is 87.3 Å². The molecule has 4 aliphatic rings. The second kappa shape index (κ2) is 9.45. The van der Waals surface area contributed by atoms with E-state index < -0.39 is 0 Å². The Morgan fingerprint density at radius 1 is 0.853 bits per heavy atom. The van der Waals surface area contributed by atoms with Crippen molar-refractivity contribution in [3.8, 4) is 0 Å². The van der Waals surface area contributed by atoms with Gasteiger partial charge in [0, 0.05) is 28.7 Å². The number of carbonyl (C=O) groups is 3.